The Morgan fingerprint density at radius 3 is 2.04 bits per heavy atom. The maximum Gasteiger partial charge on any atom is 0.348 e. The molecule has 1 aromatic carbocycles. The summed E-state index contributed by atoms with van der Waals surface area (Å²) in [4.78, 5) is 37.5. The van der Waals surface area contributed by atoms with Gasteiger partial charge in [-0.25, -0.2) is 14.4 Å². The maximum absolute atomic E-state index is 12.6. The smallest absolute Gasteiger partial charge is 0.348 e. The van der Waals surface area contributed by atoms with Crippen LogP contribution in [0.4, 0.5) is 15.5 Å². The van der Waals surface area contributed by atoms with Gasteiger partial charge in [0.25, 0.3) is 0 Å². The van der Waals surface area contributed by atoms with E-state index in [4.69, 9.17) is 9.47 Å². The molecule has 0 spiro atoms. The predicted molar refractivity (Wildman–Crippen MR) is 109 cm³/mol. The van der Waals surface area contributed by atoms with Crippen LogP contribution in [0.1, 0.15) is 53.3 Å². The molecule has 0 bridgehead atoms. The number of esters is 2. The minimum atomic E-state index is -0.609. The van der Waals surface area contributed by atoms with E-state index in [0.29, 0.717) is 11.3 Å². The zero-order valence-corrected chi connectivity index (χ0v) is 17.3. The molecule has 0 aliphatic heterocycles. The second kappa shape index (κ2) is 9.36. The zero-order chi connectivity index (χ0) is 20.8. The first-order valence-corrected chi connectivity index (χ1v) is 9.69. The third-order valence-electron chi connectivity index (χ3n) is 3.48. The largest absolute Gasteiger partial charge is 0.459 e. The molecule has 0 aliphatic carbocycles. The Kier molecular flexibility index (Phi) is 7.17. The molecule has 0 unspecified atom stereocenters. The van der Waals surface area contributed by atoms with Crippen LogP contribution >= 0.6 is 11.3 Å². The molecular weight excluding hydrogens is 380 g/mol. The molecular formula is C20H24N2O5S. The topological polar surface area (TPSA) is 93.7 Å². The lowest BCUT2D eigenvalue weighted by Gasteiger charge is -2.11. The first-order valence-electron chi connectivity index (χ1n) is 8.87. The monoisotopic (exact) mass is 404 g/mol. The minimum Gasteiger partial charge on any atom is -0.459 e. The van der Waals surface area contributed by atoms with Gasteiger partial charge in [0.2, 0.25) is 0 Å². The summed E-state index contributed by atoms with van der Waals surface area (Å²) in [6, 6.07) is 8.34. The number of carbonyl (C=O) groups excluding carboxylic acids is 3. The van der Waals surface area contributed by atoms with Crippen LogP contribution in [-0.4, -0.2) is 30.2 Å². The molecule has 0 aliphatic rings. The van der Waals surface area contributed by atoms with E-state index in [1.54, 1.807) is 58.9 Å². The van der Waals surface area contributed by atoms with E-state index < -0.39 is 18.0 Å². The van der Waals surface area contributed by atoms with E-state index in [1.807, 2.05) is 6.07 Å². The second-order valence-corrected chi connectivity index (χ2v) is 7.63. The Labute approximate surface area is 168 Å². The average Bonchev–Trinajstić information content (AvgIpc) is 2.90. The molecule has 2 amide bonds. The molecule has 28 heavy (non-hydrogen) atoms. The van der Waals surface area contributed by atoms with E-state index >= 15 is 0 Å². The predicted octanol–water partition coefficient (Wildman–Crippen LogP) is 4.83. The Balaban J connectivity index is 2.33. The highest BCUT2D eigenvalue weighted by Gasteiger charge is 2.28. The summed E-state index contributed by atoms with van der Waals surface area (Å²) in [6.45, 7) is 8.55. The van der Waals surface area contributed by atoms with Gasteiger partial charge in [0.05, 0.1) is 17.8 Å². The number of hydrogen-bond donors (Lipinski definition) is 2. The molecule has 1 aromatic heterocycles. The van der Waals surface area contributed by atoms with Gasteiger partial charge in [-0.15, -0.1) is 11.3 Å². The number of hydrogen-bond acceptors (Lipinski definition) is 6. The fourth-order valence-corrected chi connectivity index (χ4v) is 3.44. The second-order valence-electron chi connectivity index (χ2n) is 6.61. The Morgan fingerprint density at radius 2 is 1.46 bits per heavy atom. The fraction of sp³-hybridized carbons (Fsp3) is 0.350. The van der Waals surface area contributed by atoms with E-state index in [1.165, 1.54) is 0 Å². The average molecular weight is 404 g/mol. The Morgan fingerprint density at radius 1 is 0.893 bits per heavy atom. The van der Waals surface area contributed by atoms with E-state index in [-0.39, 0.29) is 27.6 Å². The van der Waals surface area contributed by atoms with Gasteiger partial charge in [-0.05, 0) is 52.3 Å². The number of para-hydroxylation sites is 1. The standard InChI is InChI=1S/C20H24N2O5S/c1-11(2)26-18(23)15-13(5)16(19(24)27-12(3)4)28-17(15)22-20(25)21-14-9-7-6-8-10-14/h6-12H,1-5H3,(H2,21,22,25). The molecule has 0 saturated carbocycles. The normalized spacial score (nSPS) is 10.7. The Bertz CT molecular complexity index is 859. The van der Waals surface area contributed by atoms with Crippen LogP contribution in [0.15, 0.2) is 30.3 Å². The van der Waals surface area contributed by atoms with Crippen LogP contribution in [-0.2, 0) is 9.47 Å². The van der Waals surface area contributed by atoms with Crippen LogP contribution in [0, 0.1) is 6.92 Å². The van der Waals surface area contributed by atoms with Gasteiger partial charge in [-0.3, -0.25) is 5.32 Å². The van der Waals surface area contributed by atoms with Gasteiger partial charge in [-0.1, -0.05) is 18.2 Å². The van der Waals surface area contributed by atoms with Crippen LogP contribution in [0.25, 0.3) is 0 Å². The quantitative estimate of drug-likeness (QED) is 0.673. The molecule has 0 atom stereocenters. The Hall–Kier alpha value is -2.87. The summed E-state index contributed by atoms with van der Waals surface area (Å²) in [5, 5.41) is 5.55. The zero-order valence-electron chi connectivity index (χ0n) is 16.5. The molecule has 2 rings (SSSR count). The number of amides is 2. The number of nitrogens with one attached hydrogen (secondary N) is 2. The molecule has 0 radical (unpaired) electrons. The minimum absolute atomic E-state index is 0.151. The number of urea groups is 1. The highest BCUT2D eigenvalue weighted by Crippen LogP contribution is 2.34. The molecule has 2 aromatic rings. The van der Waals surface area contributed by atoms with Crippen LogP contribution < -0.4 is 10.6 Å². The van der Waals surface area contributed by atoms with Gasteiger partial charge in [0, 0.05) is 5.69 Å². The number of ether oxygens (including phenoxy) is 2. The molecule has 1 heterocycles. The molecule has 0 fully saturated rings. The lowest BCUT2D eigenvalue weighted by atomic mass is 10.1. The number of thiophene rings is 1. The van der Waals surface area contributed by atoms with Crippen molar-refractivity contribution in [2.45, 2.75) is 46.8 Å². The van der Waals surface area contributed by atoms with Crippen molar-refractivity contribution in [1.29, 1.82) is 0 Å². The van der Waals surface area contributed by atoms with Gasteiger partial charge < -0.3 is 14.8 Å². The van der Waals surface area contributed by atoms with Crippen molar-refractivity contribution in [3.05, 3.63) is 46.3 Å². The maximum atomic E-state index is 12.6. The van der Waals surface area contributed by atoms with Crippen LogP contribution in [0.5, 0.6) is 0 Å². The fourth-order valence-electron chi connectivity index (χ4n) is 2.37. The summed E-state index contributed by atoms with van der Waals surface area (Å²) < 4.78 is 10.5. The van der Waals surface area contributed by atoms with Crippen molar-refractivity contribution in [3.8, 4) is 0 Å². The van der Waals surface area contributed by atoms with Crippen molar-refractivity contribution >= 4 is 40.0 Å². The van der Waals surface area contributed by atoms with Crippen LogP contribution in [0.2, 0.25) is 0 Å². The summed E-state index contributed by atoms with van der Waals surface area (Å²) >= 11 is 0.983. The number of rotatable bonds is 6. The van der Waals surface area contributed by atoms with E-state index in [9.17, 15) is 14.4 Å². The summed E-state index contributed by atoms with van der Waals surface area (Å²) in [5.74, 6) is -1.16. The number of benzene rings is 1. The summed E-state index contributed by atoms with van der Waals surface area (Å²) in [6.07, 6.45) is -0.651. The lowest BCUT2D eigenvalue weighted by Crippen LogP contribution is -2.21. The van der Waals surface area contributed by atoms with Gasteiger partial charge in [0.15, 0.2) is 0 Å². The number of anilines is 2. The summed E-state index contributed by atoms with van der Waals surface area (Å²) in [5.41, 5.74) is 1.16. The third kappa shape index (κ3) is 5.56. The van der Waals surface area contributed by atoms with E-state index in [2.05, 4.69) is 10.6 Å². The molecule has 8 heteroatoms. The molecule has 2 N–H and O–H groups in total. The van der Waals surface area contributed by atoms with Crippen molar-refractivity contribution in [3.63, 3.8) is 0 Å². The first kappa shape index (κ1) is 21.4. The SMILES string of the molecule is Cc1c(C(=O)OC(C)C)sc(NC(=O)Nc2ccccc2)c1C(=O)OC(C)C. The lowest BCUT2D eigenvalue weighted by molar-refractivity contribution is 0.0378. The van der Waals surface area contributed by atoms with Gasteiger partial charge >= 0.3 is 18.0 Å². The molecule has 7 nitrogen and oxygen atoms in total. The highest BCUT2D eigenvalue weighted by molar-refractivity contribution is 7.18. The van der Waals surface area contributed by atoms with Crippen molar-refractivity contribution in [1.82, 2.24) is 0 Å². The number of carbonyl (C=O) groups is 3. The molecule has 150 valence electrons. The van der Waals surface area contributed by atoms with Gasteiger partial charge in [0.1, 0.15) is 9.88 Å². The molecule has 0 saturated heterocycles. The van der Waals surface area contributed by atoms with Crippen molar-refractivity contribution in [2.75, 3.05) is 10.6 Å². The first-order chi connectivity index (χ1) is 13.2. The van der Waals surface area contributed by atoms with Gasteiger partial charge in [-0.2, -0.15) is 0 Å². The third-order valence-corrected chi connectivity index (χ3v) is 4.67. The van der Waals surface area contributed by atoms with Crippen molar-refractivity contribution < 1.29 is 23.9 Å². The van der Waals surface area contributed by atoms with Crippen LogP contribution in [0.3, 0.4) is 0 Å². The highest BCUT2D eigenvalue weighted by atomic mass is 32.1. The van der Waals surface area contributed by atoms with E-state index in [0.717, 1.165) is 11.3 Å². The summed E-state index contributed by atoms with van der Waals surface area (Å²) in [7, 11) is 0. The van der Waals surface area contributed by atoms with Crippen molar-refractivity contribution in [2.24, 2.45) is 0 Å².